The molecule has 1 aliphatic rings. The van der Waals surface area contributed by atoms with E-state index in [0.29, 0.717) is 18.5 Å². The third-order valence-electron chi connectivity index (χ3n) is 4.85. The molecule has 3 aromatic rings. The molecule has 1 saturated carbocycles. The third-order valence-corrected chi connectivity index (χ3v) is 5.34. The SMILES string of the molecule is Brc1cccc(CNc2cc(-c3ccccc3)nc(NC3CCCC3)n2)c1. The van der Waals surface area contributed by atoms with E-state index in [1.165, 1.54) is 31.2 Å². The van der Waals surface area contributed by atoms with Gasteiger partial charge in [0.05, 0.1) is 5.69 Å². The standard InChI is InChI=1S/C22H23BrN4/c23-18-10-6-7-16(13-18)15-24-21-14-20(17-8-2-1-3-9-17)26-22(27-21)25-19-11-4-5-12-19/h1-3,6-10,13-14,19H,4-5,11-12,15H2,(H2,24,25,26,27). The lowest BCUT2D eigenvalue weighted by atomic mass is 10.1. The predicted octanol–water partition coefficient (Wildman–Crippen LogP) is 5.87. The van der Waals surface area contributed by atoms with E-state index in [9.17, 15) is 0 Å². The molecule has 0 radical (unpaired) electrons. The van der Waals surface area contributed by atoms with Gasteiger partial charge in [0.15, 0.2) is 0 Å². The van der Waals surface area contributed by atoms with Crippen LogP contribution in [0, 0.1) is 0 Å². The average molecular weight is 423 g/mol. The quantitative estimate of drug-likeness (QED) is 0.521. The van der Waals surface area contributed by atoms with Gasteiger partial charge in [0, 0.05) is 28.7 Å². The summed E-state index contributed by atoms with van der Waals surface area (Å²) in [4.78, 5) is 9.48. The summed E-state index contributed by atoms with van der Waals surface area (Å²) in [7, 11) is 0. The van der Waals surface area contributed by atoms with Gasteiger partial charge in [0.2, 0.25) is 5.95 Å². The molecule has 4 nitrogen and oxygen atoms in total. The number of benzene rings is 2. The van der Waals surface area contributed by atoms with Crippen LogP contribution in [0.2, 0.25) is 0 Å². The van der Waals surface area contributed by atoms with Gasteiger partial charge in [-0.25, -0.2) is 4.98 Å². The lowest BCUT2D eigenvalue weighted by Gasteiger charge is -2.15. The molecule has 0 unspecified atom stereocenters. The monoisotopic (exact) mass is 422 g/mol. The summed E-state index contributed by atoms with van der Waals surface area (Å²) >= 11 is 3.53. The predicted molar refractivity (Wildman–Crippen MR) is 115 cm³/mol. The van der Waals surface area contributed by atoms with Crippen LogP contribution in [0.5, 0.6) is 0 Å². The van der Waals surface area contributed by atoms with E-state index in [0.717, 1.165) is 21.5 Å². The van der Waals surface area contributed by atoms with Crippen molar-refractivity contribution in [1.82, 2.24) is 9.97 Å². The minimum absolute atomic E-state index is 0.481. The number of aromatic nitrogens is 2. The van der Waals surface area contributed by atoms with Crippen LogP contribution >= 0.6 is 15.9 Å². The second-order valence-corrected chi connectivity index (χ2v) is 7.85. The lowest BCUT2D eigenvalue weighted by molar-refractivity contribution is 0.744. The van der Waals surface area contributed by atoms with Crippen LogP contribution in [0.1, 0.15) is 31.2 Å². The second kappa shape index (κ2) is 8.53. The minimum Gasteiger partial charge on any atom is -0.366 e. The smallest absolute Gasteiger partial charge is 0.225 e. The first-order valence-corrected chi connectivity index (χ1v) is 10.2. The molecule has 138 valence electrons. The Morgan fingerprint density at radius 1 is 0.926 bits per heavy atom. The molecule has 2 N–H and O–H groups in total. The van der Waals surface area contributed by atoms with E-state index in [-0.39, 0.29) is 0 Å². The van der Waals surface area contributed by atoms with Gasteiger partial charge in [-0.05, 0) is 30.5 Å². The van der Waals surface area contributed by atoms with Crippen molar-refractivity contribution >= 4 is 27.7 Å². The fourth-order valence-corrected chi connectivity index (χ4v) is 3.90. The Kier molecular flexibility index (Phi) is 5.68. The fourth-order valence-electron chi connectivity index (χ4n) is 3.45. The van der Waals surface area contributed by atoms with Gasteiger partial charge < -0.3 is 10.6 Å². The van der Waals surface area contributed by atoms with Crippen LogP contribution in [0.4, 0.5) is 11.8 Å². The summed E-state index contributed by atoms with van der Waals surface area (Å²) in [5.41, 5.74) is 3.23. The summed E-state index contributed by atoms with van der Waals surface area (Å²) in [6.07, 6.45) is 4.95. The maximum Gasteiger partial charge on any atom is 0.225 e. The van der Waals surface area contributed by atoms with Gasteiger partial charge in [-0.1, -0.05) is 71.2 Å². The maximum atomic E-state index is 4.77. The number of rotatable bonds is 6. The Labute approximate surface area is 168 Å². The Morgan fingerprint density at radius 3 is 2.52 bits per heavy atom. The summed E-state index contributed by atoms with van der Waals surface area (Å²) < 4.78 is 1.08. The van der Waals surface area contributed by atoms with Crippen LogP contribution in [0.15, 0.2) is 65.1 Å². The first kappa shape index (κ1) is 18.0. The molecule has 0 spiro atoms. The number of anilines is 2. The molecular formula is C22H23BrN4. The number of hydrogen-bond donors (Lipinski definition) is 2. The molecule has 0 amide bonds. The molecule has 1 heterocycles. The lowest BCUT2D eigenvalue weighted by Crippen LogP contribution is -2.17. The van der Waals surface area contributed by atoms with Gasteiger partial charge >= 0.3 is 0 Å². The van der Waals surface area contributed by atoms with Crippen molar-refractivity contribution in [3.8, 4) is 11.3 Å². The van der Waals surface area contributed by atoms with Crippen molar-refractivity contribution in [2.24, 2.45) is 0 Å². The van der Waals surface area contributed by atoms with Crippen molar-refractivity contribution in [2.45, 2.75) is 38.3 Å². The van der Waals surface area contributed by atoms with E-state index in [4.69, 9.17) is 9.97 Å². The van der Waals surface area contributed by atoms with Crippen LogP contribution < -0.4 is 10.6 Å². The molecule has 1 aromatic heterocycles. The molecule has 5 heteroatoms. The summed E-state index contributed by atoms with van der Waals surface area (Å²) in [5, 5.41) is 6.98. The van der Waals surface area contributed by atoms with Gasteiger partial charge in [0.1, 0.15) is 5.82 Å². The van der Waals surface area contributed by atoms with Crippen LogP contribution in [0.3, 0.4) is 0 Å². The summed E-state index contributed by atoms with van der Waals surface area (Å²) in [6, 6.07) is 21.1. The van der Waals surface area contributed by atoms with Crippen LogP contribution in [0.25, 0.3) is 11.3 Å². The zero-order valence-electron chi connectivity index (χ0n) is 15.2. The second-order valence-electron chi connectivity index (χ2n) is 6.94. The molecule has 1 fully saturated rings. The van der Waals surface area contributed by atoms with Crippen LogP contribution in [-0.2, 0) is 6.54 Å². The van der Waals surface area contributed by atoms with Gasteiger partial charge in [-0.15, -0.1) is 0 Å². The molecule has 0 atom stereocenters. The van der Waals surface area contributed by atoms with E-state index in [1.807, 2.05) is 36.4 Å². The van der Waals surface area contributed by atoms with Crippen molar-refractivity contribution in [3.63, 3.8) is 0 Å². The minimum atomic E-state index is 0.481. The number of nitrogens with one attached hydrogen (secondary N) is 2. The van der Waals surface area contributed by atoms with E-state index in [1.54, 1.807) is 0 Å². The number of hydrogen-bond acceptors (Lipinski definition) is 4. The summed E-state index contributed by atoms with van der Waals surface area (Å²) in [6.45, 7) is 0.716. The van der Waals surface area contributed by atoms with Gasteiger partial charge in [-0.3, -0.25) is 0 Å². The van der Waals surface area contributed by atoms with E-state index < -0.39 is 0 Å². The van der Waals surface area contributed by atoms with Gasteiger partial charge in [0.25, 0.3) is 0 Å². The largest absolute Gasteiger partial charge is 0.366 e. The normalized spacial score (nSPS) is 14.3. The Morgan fingerprint density at radius 2 is 1.74 bits per heavy atom. The first-order chi connectivity index (χ1) is 13.3. The molecule has 0 aliphatic heterocycles. The molecule has 0 bridgehead atoms. The molecule has 2 aromatic carbocycles. The van der Waals surface area contributed by atoms with Gasteiger partial charge in [-0.2, -0.15) is 4.98 Å². The number of halogens is 1. The fraction of sp³-hybridized carbons (Fsp3) is 0.273. The number of nitrogens with zero attached hydrogens (tertiary/aromatic N) is 2. The molecule has 27 heavy (non-hydrogen) atoms. The highest BCUT2D eigenvalue weighted by Gasteiger charge is 2.16. The first-order valence-electron chi connectivity index (χ1n) is 9.46. The highest BCUT2D eigenvalue weighted by Crippen LogP contribution is 2.25. The maximum absolute atomic E-state index is 4.77. The molecule has 0 saturated heterocycles. The zero-order valence-corrected chi connectivity index (χ0v) is 16.7. The molecule has 1 aliphatic carbocycles. The Hall–Kier alpha value is -2.40. The molecule has 4 rings (SSSR count). The van der Waals surface area contributed by atoms with E-state index in [2.05, 4.69) is 50.8 Å². The zero-order chi connectivity index (χ0) is 18.5. The highest BCUT2D eigenvalue weighted by molar-refractivity contribution is 9.10. The Balaban J connectivity index is 1.58. The van der Waals surface area contributed by atoms with Crippen molar-refractivity contribution < 1.29 is 0 Å². The van der Waals surface area contributed by atoms with Crippen molar-refractivity contribution in [1.29, 1.82) is 0 Å². The van der Waals surface area contributed by atoms with Crippen LogP contribution in [-0.4, -0.2) is 16.0 Å². The van der Waals surface area contributed by atoms with E-state index >= 15 is 0 Å². The third kappa shape index (κ3) is 4.86. The molecular weight excluding hydrogens is 400 g/mol. The Bertz CT molecular complexity index is 892. The van der Waals surface area contributed by atoms with Crippen molar-refractivity contribution in [3.05, 3.63) is 70.7 Å². The highest BCUT2D eigenvalue weighted by atomic mass is 79.9. The topological polar surface area (TPSA) is 49.8 Å². The van der Waals surface area contributed by atoms with Crippen molar-refractivity contribution in [2.75, 3.05) is 10.6 Å². The average Bonchev–Trinajstić information content (AvgIpc) is 3.20. The summed E-state index contributed by atoms with van der Waals surface area (Å²) in [5.74, 6) is 1.55.